The summed E-state index contributed by atoms with van der Waals surface area (Å²) in [6.07, 6.45) is 4.45. The molecule has 0 spiro atoms. The lowest BCUT2D eigenvalue weighted by molar-refractivity contribution is -0.128. The Morgan fingerprint density at radius 2 is 1.79 bits per heavy atom. The molecular weight excluding hydrogens is 378 g/mol. The van der Waals surface area contributed by atoms with Crippen LogP contribution in [0.1, 0.15) is 37.8 Å². The number of sulfonamides is 1. The van der Waals surface area contributed by atoms with E-state index >= 15 is 0 Å². The van der Waals surface area contributed by atoms with Crippen molar-refractivity contribution in [2.75, 3.05) is 26.4 Å². The molecule has 0 saturated carbocycles. The quantitative estimate of drug-likeness (QED) is 0.721. The maximum Gasteiger partial charge on any atom is 0.327 e. The maximum atomic E-state index is 12.9. The van der Waals surface area contributed by atoms with Crippen molar-refractivity contribution in [3.05, 3.63) is 47.5 Å². The van der Waals surface area contributed by atoms with Gasteiger partial charge in [-0.3, -0.25) is 9.69 Å². The van der Waals surface area contributed by atoms with Crippen molar-refractivity contribution in [1.82, 2.24) is 14.1 Å². The fourth-order valence-corrected chi connectivity index (χ4v) is 4.72. The molecule has 2 fully saturated rings. The van der Waals surface area contributed by atoms with Crippen LogP contribution in [0.2, 0.25) is 0 Å². The predicted molar refractivity (Wildman–Crippen MR) is 107 cm³/mol. The first-order valence-corrected chi connectivity index (χ1v) is 11.3. The first-order chi connectivity index (χ1) is 13.2. The SMILES string of the molecule is C[C@H]1[C@@H](c2ccccc2)N(C(=O)CC=C2CCN(S(C)(=O)=O)CC2)C(=O)N1C. The zero-order valence-corrected chi connectivity index (χ0v) is 17.4. The van der Waals surface area contributed by atoms with E-state index in [2.05, 4.69) is 0 Å². The second-order valence-electron chi connectivity index (χ2n) is 7.48. The maximum absolute atomic E-state index is 12.9. The number of piperidine rings is 1. The average Bonchev–Trinajstić information content (AvgIpc) is 2.90. The van der Waals surface area contributed by atoms with Crippen molar-refractivity contribution in [2.24, 2.45) is 0 Å². The van der Waals surface area contributed by atoms with Crippen LogP contribution in [-0.4, -0.2) is 66.9 Å². The normalized spacial score (nSPS) is 24.0. The number of rotatable bonds is 4. The minimum absolute atomic E-state index is 0.107. The predicted octanol–water partition coefficient (Wildman–Crippen LogP) is 2.38. The topological polar surface area (TPSA) is 78.0 Å². The van der Waals surface area contributed by atoms with E-state index in [9.17, 15) is 18.0 Å². The van der Waals surface area contributed by atoms with Crippen molar-refractivity contribution < 1.29 is 18.0 Å². The first kappa shape index (κ1) is 20.5. The summed E-state index contributed by atoms with van der Waals surface area (Å²) in [6.45, 7) is 2.82. The number of hydrogen-bond acceptors (Lipinski definition) is 4. The summed E-state index contributed by atoms with van der Waals surface area (Å²) in [6, 6.07) is 8.91. The highest BCUT2D eigenvalue weighted by Gasteiger charge is 2.45. The highest BCUT2D eigenvalue weighted by atomic mass is 32.2. The van der Waals surface area contributed by atoms with Gasteiger partial charge in [-0.15, -0.1) is 0 Å². The number of carbonyl (C=O) groups excluding carboxylic acids is 2. The van der Waals surface area contributed by atoms with Gasteiger partial charge in [-0.05, 0) is 25.3 Å². The van der Waals surface area contributed by atoms with Gasteiger partial charge < -0.3 is 4.90 Å². The number of carbonyl (C=O) groups is 2. The van der Waals surface area contributed by atoms with Crippen LogP contribution in [-0.2, 0) is 14.8 Å². The third kappa shape index (κ3) is 4.12. The lowest BCUT2D eigenvalue weighted by atomic mass is 9.99. The molecule has 0 unspecified atom stereocenters. The Kier molecular flexibility index (Phi) is 5.90. The average molecular weight is 406 g/mol. The van der Waals surface area contributed by atoms with Gasteiger partial charge in [-0.2, -0.15) is 0 Å². The molecule has 0 bridgehead atoms. The Bertz CT molecular complexity index is 872. The number of nitrogens with zero attached hydrogens (tertiary/aromatic N) is 3. The molecule has 1 aromatic carbocycles. The van der Waals surface area contributed by atoms with Crippen LogP contribution in [0.3, 0.4) is 0 Å². The van der Waals surface area contributed by atoms with Crippen LogP contribution in [0, 0.1) is 0 Å². The van der Waals surface area contributed by atoms with E-state index in [0.717, 1.165) is 11.1 Å². The zero-order valence-electron chi connectivity index (χ0n) is 16.5. The van der Waals surface area contributed by atoms with Crippen LogP contribution >= 0.6 is 0 Å². The van der Waals surface area contributed by atoms with E-state index in [-0.39, 0.29) is 30.4 Å². The van der Waals surface area contributed by atoms with Crippen LogP contribution in [0.5, 0.6) is 0 Å². The highest BCUT2D eigenvalue weighted by molar-refractivity contribution is 7.88. The van der Waals surface area contributed by atoms with Gasteiger partial charge in [0.25, 0.3) is 0 Å². The molecule has 0 aromatic heterocycles. The summed E-state index contributed by atoms with van der Waals surface area (Å²) in [5.41, 5.74) is 2.01. The monoisotopic (exact) mass is 405 g/mol. The number of likely N-dealkylation sites (N-methyl/N-ethyl adjacent to an activating group) is 1. The van der Waals surface area contributed by atoms with Crippen molar-refractivity contribution in [3.63, 3.8) is 0 Å². The molecule has 28 heavy (non-hydrogen) atoms. The minimum atomic E-state index is -3.17. The summed E-state index contributed by atoms with van der Waals surface area (Å²) in [4.78, 5) is 28.6. The molecule has 0 N–H and O–H groups in total. The van der Waals surface area contributed by atoms with E-state index in [4.69, 9.17) is 0 Å². The molecule has 3 rings (SSSR count). The van der Waals surface area contributed by atoms with E-state index in [1.807, 2.05) is 43.3 Å². The standard InChI is InChI=1S/C20H27N3O4S/c1-15-19(17-7-5-4-6-8-17)23(20(25)21(15)2)18(24)10-9-16-11-13-22(14-12-16)28(3,26)27/h4-9,15,19H,10-14H2,1-3H3/t15-,19-/m0/s1. The molecule has 3 amide bonds. The van der Waals surface area contributed by atoms with E-state index in [0.29, 0.717) is 25.9 Å². The van der Waals surface area contributed by atoms with Gasteiger partial charge in [0.05, 0.1) is 18.3 Å². The Balaban J connectivity index is 1.71. The Labute approximate surface area is 166 Å². The van der Waals surface area contributed by atoms with Gasteiger partial charge >= 0.3 is 6.03 Å². The zero-order chi connectivity index (χ0) is 20.5. The summed E-state index contributed by atoms with van der Waals surface area (Å²) < 4.78 is 24.7. The van der Waals surface area contributed by atoms with Gasteiger partial charge in [0.1, 0.15) is 0 Å². The van der Waals surface area contributed by atoms with Gasteiger partial charge in [0.15, 0.2) is 0 Å². The second kappa shape index (κ2) is 8.05. The molecule has 2 atom stereocenters. The minimum Gasteiger partial charge on any atom is -0.322 e. The molecule has 8 heteroatoms. The molecule has 2 aliphatic heterocycles. The molecule has 0 radical (unpaired) electrons. The first-order valence-electron chi connectivity index (χ1n) is 9.47. The number of imide groups is 1. The Morgan fingerprint density at radius 1 is 1.18 bits per heavy atom. The van der Waals surface area contributed by atoms with Gasteiger partial charge in [0.2, 0.25) is 15.9 Å². The lowest BCUT2D eigenvalue weighted by Gasteiger charge is -2.26. The molecule has 2 heterocycles. The molecule has 2 saturated heterocycles. The lowest BCUT2D eigenvalue weighted by Crippen LogP contribution is -2.36. The van der Waals surface area contributed by atoms with Gasteiger partial charge in [0, 0.05) is 26.6 Å². The van der Waals surface area contributed by atoms with Crippen LogP contribution in [0.4, 0.5) is 4.79 Å². The highest BCUT2D eigenvalue weighted by Crippen LogP contribution is 2.35. The molecule has 152 valence electrons. The molecule has 2 aliphatic rings. The molecule has 0 aliphatic carbocycles. The van der Waals surface area contributed by atoms with E-state index in [1.54, 1.807) is 11.9 Å². The summed E-state index contributed by atoms with van der Waals surface area (Å²) >= 11 is 0. The largest absolute Gasteiger partial charge is 0.327 e. The smallest absolute Gasteiger partial charge is 0.322 e. The van der Waals surface area contributed by atoms with E-state index in [1.165, 1.54) is 15.5 Å². The number of urea groups is 1. The van der Waals surface area contributed by atoms with E-state index < -0.39 is 10.0 Å². The fraction of sp³-hybridized carbons (Fsp3) is 0.500. The van der Waals surface area contributed by atoms with Crippen molar-refractivity contribution in [3.8, 4) is 0 Å². The van der Waals surface area contributed by atoms with Crippen LogP contribution < -0.4 is 0 Å². The van der Waals surface area contributed by atoms with Crippen LogP contribution in [0.25, 0.3) is 0 Å². The third-order valence-corrected chi connectivity index (χ3v) is 6.97. The van der Waals surface area contributed by atoms with Crippen LogP contribution in [0.15, 0.2) is 42.0 Å². The summed E-state index contributed by atoms with van der Waals surface area (Å²) in [7, 11) is -1.45. The Morgan fingerprint density at radius 3 is 2.36 bits per heavy atom. The Hall–Kier alpha value is -2.19. The number of hydrogen-bond donors (Lipinski definition) is 0. The van der Waals surface area contributed by atoms with Crippen molar-refractivity contribution in [2.45, 2.75) is 38.3 Å². The van der Waals surface area contributed by atoms with Gasteiger partial charge in [-0.25, -0.2) is 17.5 Å². The van der Waals surface area contributed by atoms with Crippen molar-refractivity contribution in [1.29, 1.82) is 0 Å². The molecular formula is C20H27N3O4S. The molecule has 1 aromatic rings. The molecule has 7 nitrogen and oxygen atoms in total. The summed E-state index contributed by atoms with van der Waals surface area (Å²) in [5, 5.41) is 0. The van der Waals surface area contributed by atoms with Crippen molar-refractivity contribution >= 4 is 22.0 Å². The number of amides is 3. The summed E-state index contributed by atoms with van der Waals surface area (Å²) in [5.74, 6) is -0.229. The number of benzene rings is 1. The third-order valence-electron chi connectivity index (χ3n) is 5.66. The second-order valence-corrected chi connectivity index (χ2v) is 9.46. The van der Waals surface area contributed by atoms with Gasteiger partial charge in [-0.1, -0.05) is 42.0 Å². The fourth-order valence-electron chi connectivity index (χ4n) is 3.87.